The van der Waals surface area contributed by atoms with E-state index in [-0.39, 0.29) is 0 Å². The van der Waals surface area contributed by atoms with Crippen molar-refractivity contribution >= 4 is 11.6 Å². The second-order valence-corrected chi connectivity index (χ2v) is 6.17. The van der Waals surface area contributed by atoms with E-state index in [9.17, 15) is 0 Å². The lowest BCUT2D eigenvalue weighted by Crippen LogP contribution is -2.65. The maximum atomic E-state index is 5.72. The van der Waals surface area contributed by atoms with Crippen LogP contribution in [0, 0.1) is 0 Å². The molecule has 0 aromatic rings. The molecule has 2 aliphatic rings. The van der Waals surface area contributed by atoms with E-state index in [0.29, 0.717) is 11.6 Å². The van der Waals surface area contributed by atoms with Gasteiger partial charge < -0.3 is 5.32 Å². The first-order valence-corrected chi connectivity index (χ1v) is 7.98. The lowest BCUT2D eigenvalue weighted by Gasteiger charge is -2.52. The fourth-order valence-electron chi connectivity index (χ4n) is 3.65. The second kappa shape index (κ2) is 6.93. The normalized spacial score (nSPS) is 29.1. The number of piperazine rings is 1. The second-order valence-electron chi connectivity index (χ2n) is 5.92. The zero-order valence-electron chi connectivity index (χ0n) is 11.6. The minimum atomic E-state index is 0.416. The van der Waals surface area contributed by atoms with Gasteiger partial charge in [0, 0.05) is 36.8 Å². The molecule has 1 atom stereocenters. The van der Waals surface area contributed by atoms with Crippen LogP contribution >= 0.6 is 11.6 Å². The Labute approximate surface area is 117 Å². The lowest BCUT2D eigenvalue weighted by atomic mass is 9.78. The third kappa shape index (κ3) is 3.28. The van der Waals surface area contributed by atoms with Crippen LogP contribution in [0.5, 0.6) is 0 Å². The Morgan fingerprint density at radius 2 is 2.11 bits per heavy atom. The highest BCUT2D eigenvalue weighted by atomic mass is 35.5. The molecule has 1 saturated carbocycles. The Morgan fingerprint density at radius 3 is 2.78 bits per heavy atom. The molecular formula is C15H27ClN2. The predicted molar refractivity (Wildman–Crippen MR) is 79.1 cm³/mol. The van der Waals surface area contributed by atoms with E-state index >= 15 is 0 Å². The molecule has 3 heteroatoms. The summed E-state index contributed by atoms with van der Waals surface area (Å²) in [4.78, 5) is 2.70. The third-order valence-electron chi connectivity index (χ3n) is 4.67. The zero-order valence-corrected chi connectivity index (χ0v) is 12.4. The van der Waals surface area contributed by atoms with Gasteiger partial charge in [-0.15, -0.1) is 0 Å². The highest BCUT2D eigenvalue weighted by Gasteiger charge is 2.41. The van der Waals surface area contributed by atoms with Crippen LogP contribution in [0.1, 0.15) is 51.9 Å². The van der Waals surface area contributed by atoms with Gasteiger partial charge in [0.25, 0.3) is 0 Å². The Balaban J connectivity index is 2.03. The summed E-state index contributed by atoms with van der Waals surface area (Å²) in [6.45, 7) is 5.66. The Hall–Kier alpha value is -0.0500. The molecule has 1 saturated heterocycles. The lowest BCUT2D eigenvalue weighted by molar-refractivity contribution is 0.0178. The van der Waals surface area contributed by atoms with Crippen molar-refractivity contribution < 1.29 is 0 Å². The van der Waals surface area contributed by atoms with E-state index in [2.05, 4.69) is 23.2 Å². The largest absolute Gasteiger partial charge is 0.311 e. The van der Waals surface area contributed by atoms with Gasteiger partial charge in [0.05, 0.1) is 0 Å². The summed E-state index contributed by atoms with van der Waals surface area (Å²) in [6, 6.07) is 0.672. The zero-order chi connectivity index (χ0) is 12.8. The minimum absolute atomic E-state index is 0.416. The molecule has 18 heavy (non-hydrogen) atoms. The van der Waals surface area contributed by atoms with E-state index in [1.807, 2.05) is 0 Å². The summed E-state index contributed by atoms with van der Waals surface area (Å²) in [5.74, 6) is 0. The van der Waals surface area contributed by atoms with E-state index in [1.54, 1.807) is 5.54 Å². The standard InChI is InChI=1S/C15H27ClN2/c1-2-7-14-12-18(11-6-10-16)15(13-17-14)8-4-3-5-9-15/h6,10,14,17H,2-5,7-9,11-13H2,1H3/b10-6+. The van der Waals surface area contributed by atoms with Crippen molar-refractivity contribution in [3.63, 3.8) is 0 Å². The van der Waals surface area contributed by atoms with Crippen LogP contribution in [0.3, 0.4) is 0 Å². The maximum Gasteiger partial charge on any atom is 0.0338 e. The van der Waals surface area contributed by atoms with E-state index < -0.39 is 0 Å². The van der Waals surface area contributed by atoms with Crippen molar-refractivity contribution in [3.05, 3.63) is 11.6 Å². The van der Waals surface area contributed by atoms with Crippen molar-refractivity contribution in [3.8, 4) is 0 Å². The molecule has 2 fully saturated rings. The Kier molecular flexibility index (Phi) is 5.53. The topological polar surface area (TPSA) is 15.3 Å². The molecule has 0 aromatic carbocycles. The third-order valence-corrected chi connectivity index (χ3v) is 4.85. The summed E-state index contributed by atoms with van der Waals surface area (Å²) in [5, 5.41) is 3.79. The van der Waals surface area contributed by atoms with Crippen LogP contribution in [-0.2, 0) is 0 Å². The first kappa shape index (κ1) is 14.4. The van der Waals surface area contributed by atoms with Crippen LogP contribution in [0.2, 0.25) is 0 Å². The first-order chi connectivity index (χ1) is 8.80. The minimum Gasteiger partial charge on any atom is -0.311 e. The van der Waals surface area contributed by atoms with E-state index in [4.69, 9.17) is 11.6 Å². The molecule has 1 unspecified atom stereocenters. The molecule has 1 N–H and O–H groups in total. The van der Waals surface area contributed by atoms with Gasteiger partial charge in [0.1, 0.15) is 0 Å². The maximum absolute atomic E-state index is 5.72. The fourth-order valence-corrected chi connectivity index (χ4v) is 3.73. The molecule has 1 spiro atoms. The van der Waals surface area contributed by atoms with Gasteiger partial charge >= 0.3 is 0 Å². The van der Waals surface area contributed by atoms with Gasteiger partial charge in [-0.3, -0.25) is 4.90 Å². The average Bonchev–Trinajstić information content (AvgIpc) is 2.41. The molecule has 1 aliphatic carbocycles. The van der Waals surface area contributed by atoms with Crippen LogP contribution in [0.4, 0.5) is 0 Å². The van der Waals surface area contributed by atoms with Gasteiger partial charge in [-0.05, 0) is 19.3 Å². The molecular weight excluding hydrogens is 244 g/mol. The number of halogens is 1. The Morgan fingerprint density at radius 1 is 1.33 bits per heavy atom. The molecule has 1 heterocycles. The molecule has 104 valence electrons. The molecule has 0 aromatic heterocycles. The molecule has 1 aliphatic heterocycles. The Bertz CT molecular complexity index is 272. The van der Waals surface area contributed by atoms with E-state index in [0.717, 1.165) is 6.54 Å². The number of hydrogen-bond acceptors (Lipinski definition) is 2. The van der Waals surface area contributed by atoms with Gasteiger partial charge in [-0.25, -0.2) is 0 Å². The number of rotatable bonds is 4. The number of nitrogens with one attached hydrogen (secondary N) is 1. The molecule has 0 radical (unpaired) electrons. The van der Waals surface area contributed by atoms with Crippen LogP contribution < -0.4 is 5.32 Å². The highest BCUT2D eigenvalue weighted by Crippen LogP contribution is 2.35. The quantitative estimate of drug-likeness (QED) is 0.841. The summed E-state index contributed by atoms with van der Waals surface area (Å²) in [6.07, 6.45) is 11.6. The molecule has 0 amide bonds. The van der Waals surface area contributed by atoms with Crippen LogP contribution in [0.25, 0.3) is 0 Å². The first-order valence-electron chi connectivity index (χ1n) is 7.54. The van der Waals surface area contributed by atoms with Gasteiger partial charge in [0.2, 0.25) is 0 Å². The van der Waals surface area contributed by atoms with Crippen molar-refractivity contribution in [1.29, 1.82) is 0 Å². The summed E-state index contributed by atoms with van der Waals surface area (Å²) in [7, 11) is 0. The SMILES string of the molecule is CCCC1CN(C/C=C/Cl)C2(CCCCC2)CN1. The van der Waals surface area contributed by atoms with Gasteiger partial charge in [-0.1, -0.05) is 50.3 Å². The van der Waals surface area contributed by atoms with E-state index in [1.165, 1.54) is 58.0 Å². The van der Waals surface area contributed by atoms with Crippen molar-refractivity contribution in [1.82, 2.24) is 10.2 Å². The van der Waals surface area contributed by atoms with Crippen molar-refractivity contribution in [2.24, 2.45) is 0 Å². The smallest absolute Gasteiger partial charge is 0.0338 e. The van der Waals surface area contributed by atoms with Crippen molar-refractivity contribution in [2.75, 3.05) is 19.6 Å². The fraction of sp³-hybridized carbons (Fsp3) is 0.867. The number of nitrogens with zero attached hydrogens (tertiary/aromatic N) is 1. The molecule has 2 nitrogen and oxygen atoms in total. The van der Waals surface area contributed by atoms with Gasteiger partial charge in [0.15, 0.2) is 0 Å². The van der Waals surface area contributed by atoms with Crippen LogP contribution in [0.15, 0.2) is 11.6 Å². The monoisotopic (exact) mass is 270 g/mol. The summed E-state index contributed by atoms with van der Waals surface area (Å²) < 4.78 is 0. The number of hydrogen-bond donors (Lipinski definition) is 1. The predicted octanol–water partition coefficient (Wildman–Crippen LogP) is 3.52. The molecule has 2 rings (SSSR count). The summed E-state index contributed by atoms with van der Waals surface area (Å²) >= 11 is 5.72. The average molecular weight is 271 g/mol. The molecule has 0 bridgehead atoms. The highest BCUT2D eigenvalue weighted by molar-refractivity contribution is 6.25. The van der Waals surface area contributed by atoms with Crippen molar-refractivity contribution in [2.45, 2.75) is 63.5 Å². The summed E-state index contributed by atoms with van der Waals surface area (Å²) in [5.41, 5.74) is 2.09. The van der Waals surface area contributed by atoms with Crippen LogP contribution in [-0.4, -0.2) is 36.1 Å². The van der Waals surface area contributed by atoms with Gasteiger partial charge in [-0.2, -0.15) is 0 Å².